The second kappa shape index (κ2) is 5.46. The maximum absolute atomic E-state index is 13.4. The summed E-state index contributed by atoms with van der Waals surface area (Å²) in [4.78, 5) is 0. The van der Waals surface area contributed by atoms with Gasteiger partial charge in [-0.2, -0.15) is 0 Å². The zero-order valence-electron chi connectivity index (χ0n) is 9.59. The van der Waals surface area contributed by atoms with Crippen LogP contribution < -0.4 is 0 Å². The number of rotatable bonds is 3. The van der Waals surface area contributed by atoms with Crippen LogP contribution >= 0.6 is 15.9 Å². The Morgan fingerprint density at radius 3 is 2.71 bits per heavy atom. The van der Waals surface area contributed by atoms with Crippen LogP contribution in [-0.4, -0.2) is 24.9 Å². The summed E-state index contributed by atoms with van der Waals surface area (Å²) in [6.45, 7) is 1.47. The van der Waals surface area contributed by atoms with Crippen LogP contribution in [0.4, 0.5) is 4.39 Å². The molecule has 1 heterocycles. The van der Waals surface area contributed by atoms with Crippen LogP contribution in [0.1, 0.15) is 18.4 Å². The monoisotopic (exact) mass is 302 g/mol. The van der Waals surface area contributed by atoms with E-state index < -0.39 is 0 Å². The Labute approximate surface area is 109 Å². The summed E-state index contributed by atoms with van der Waals surface area (Å²) in [5.41, 5.74) is 0.759. The minimum Gasteiger partial charge on any atom is -0.396 e. The van der Waals surface area contributed by atoms with E-state index in [9.17, 15) is 9.50 Å². The van der Waals surface area contributed by atoms with Crippen LogP contribution in [0.25, 0.3) is 0 Å². The fraction of sp³-hybridized carbons (Fsp3) is 0.538. The van der Waals surface area contributed by atoms with Gasteiger partial charge in [0, 0.05) is 25.2 Å². The van der Waals surface area contributed by atoms with Gasteiger partial charge in [0.1, 0.15) is 5.82 Å². The second-order valence-electron chi connectivity index (χ2n) is 4.66. The summed E-state index contributed by atoms with van der Waals surface area (Å²) in [5, 5.41) is 9.60. The van der Waals surface area contributed by atoms with Crippen molar-refractivity contribution in [1.82, 2.24) is 0 Å². The van der Waals surface area contributed by atoms with E-state index in [2.05, 4.69) is 15.9 Å². The molecule has 1 aliphatic heterocycles. The summed E-state index contributed by atoms with van der Waals surface area (Å²) in [7, 11) is 0. The van der Waals surface area contributed by atoms with Crippen molar-refractivity contribution in [1.29, 1.82) is 0 Å². The highest BCUT2D eigenvalue weighted by atomic mass is 79.9. The van der Waals surface area contributed by atoms with Gasteiger partial charge in [-0.1, -0.05) is 12.1 Å². The van der Waals surface area contributed by atoms with Gasteiger partial charge in [0.25, 0.3) is 0 Å². The van der Waals surface area contributed by atoms with E-state index in [1.807, 2.05) is 6.07 Å². The molecule has 0 amide bonds. The minimum atomic E-state index is -0.248. The van der Waals surface area contributed by atoms with Crippen molar-refractivity contribution in [2.24, 2.45) is 5.41 Å². The molecule has 1 saturated heterocycles. The third kappa shape index (κ3) is 2.87. The fourth-order valence-corrected chi connectivity index (χ4v) is 2.69. The van der Waals surface area contributed by atoms with E-state index in [1.165, 1.54) is 6.07 Å². The quantitative estimate of drug-likeness (QED) is 0.930. The molecule has 4 heteroatoms. The van der Waals surface area contributed by atoms with Crippen molar-refractivity contribution in [2.75, 3.05) is 19.8 Å². The Morgan fingerprint density at radius 2 is 2.06 bits per heavy atom. The smallest absolute Gasteiger partial charge is 0.137 e. The maximum atomic E-state index is 13.4. The molecule has 0 spiro atoms. The lowest BCUT2D eigenvalue weighted by Crippen LogP contribution is -2.35. The van der Waals surface area contributed by atoms with Crippen LogP contribution in [0, 0.1) is 11.2 Å². The van der Waals surface area contributed by atoms with E-state index in [0.717, 1.165) is 18.4 Å². The fourth-order valence-electron chi connectivity index (χ4n) is 2.28. The van der Waals surface area contributed by atoms with Gasteiger partial charge in [0.05, 0.1) is 4.47 Å². The highest BCUT2D eigenvalue weighted by molar-refractivity contribution is 9.10. The Bertz CT molecular complexity index is 389. The topological polar surface area (TPSA) is 29.5 Å². The molecule has 2 nitrogen and oxygen atoms in total. The zero-order valence-corrected chi connectivity index (χ0v) is 11.2. The maximum Gasteiger partial charge on any atom is 0.137 e. The predicted octanol–water partition coefficient (Wildman–Crippen LogP) is 2.92. The number of ether oxygens (including phenoxy) is 1. The van der Waals surface area contributed by atoms with Crippen LogP contribution in [0.2, 0.25) is 0 Å². The third-order valence-corrected chi connectivity index (χ3v) is 4.37. The lowest BCUT2D eigenvalue weighted by Gasteiger charge is -2.35. The van der Waals surface area contributed by atoms with Gasteiger partial charge in [0.15, 0.2) is 0 Å². The third-order valence-electron chi connectivity index (χ3n) is 3.49. The molecule has 1 aromatic carbocycles. The van der Waals surface area contributed by atoms with Crippen molar-refractivity contribution in [3.8, 4) is 0 Å². The average Bonchev–Trinajstić information content (AvgIpc) is 2.36. The number of hydrogen-bond acceptors (Lipinski definition) is 2. The standard InChI is InChI=1S/C13H16BrFO2/c14-12-10(2-1-3-11(12)15)8-13(9-16)4-6-17-7-5-13/h1-3,16H,4-9H2. The van der Waals surface area contributed by atoms with E-state index in [-0.39, 0.29) is 17.8 Å². The SMILES string of the molecule is OCC1(Cc2cccc(F)c2Br)CCOCC1. The van der Waals surface area contributed by atoms with Gasteiger partial charge >= 0.3 is 0 Å². The van der Waals surface area contributed by atoms with Crippen LogP contribution in [0.15, 0.2) is 22.7 Å². The lowest BCUT2D eigenvalue weighted by atomic mass is 9.76. The van der Waals surface area contributed by atoms with Gasteiger partial charge in [-0.3, -0.25) is 0 Å². The first-order chi connectivity index (χ1) is 8.17. The number of benzene rings is 1. The van der Waals surface area contributed by atoms with Gasteiger partial charge in [0.2, 0.25) is 0 Å². The first-order valence-electron chi connectivity index (χ1n) is 5.78. The van der Waals surface area contributed by atoms with Gasteiger partial charge in [-0.15, -0.1) is 0 Å². The Balaban J connectivity index is 2.20. The van der Waals surface area contributed by atoms with Crippen molar-refractivity contribution in [3.05, 3.63) is 34.1 Å². The molecule has 1 fully saturated rings. The molecule has 0 radical (unpaired) electrons. The molecular weight excluding hydrogens is 287 g/mol. The van der Waals surface area contributed by atoms with Crippen molar-refractivity contribution in [2.45, 2.75) is 19.3 Å². The van der Waals surface area contributed by atoms with Gasteiger partial charge < -0.3 is 9.84 Å². The summed E-state index contributed by atoms with van der Waals surface area (Å²) >= 11 is 3.27. The number of hydrogen-bond donors (Lipinski definition) is 1. The Hall–Kier alpha value is -0.450. The summed E-state index contributed by atoms with van der Waals surface area (Å²) in [5.74, 6) is -0.248. The van der Waals surface area contributed by atoms with Gasteiger partial charge in [-0.25, -0.2) is 4.39 Å². The van der Waals surface area contributed by atoms with E-state index in [1.54, 1.807) is 6.07 Å². The summed E-state index contributed by atoms with van der Waals surface area (Å²) in [6, 6.07) is 5.04. The molecule has 1 aromatic rings. The molecule has 0 aliphatic carbocycles. The molecule has 0 saturated carbocycles. The normalized spacial score (nSPS) is 19.2. The van der Waals surface area contributed by atoms with Crippen molar-refractivity contribution >= 4 is 15.9 Å². The Kier molecular flexibility index (Phi) is 4.17. The zero-order chi connectivity index (χ0) is 12.3. The number of aliphatic hydroxyl groups excluding tert-OH is 1. The van der Waals surface area contributed by atoms with Crippen LogP contribution in [0.3, 0.4) is 0 Å². The highest BCUT2D eigenvalue weighted by Crippen LogP contribution is 2.36. The molecule has 2 rings (SSSR count). The molecule has 1 aliphatic rings. The summed E-state index contributed by atoms with van der Waals surface area (Å²) < 4.78 is 19.3. The highest BCUT2D eigenvalue weighted by Gasteiger charge is 2.32. The van der Waals surface area contributed by atoms with Gasteiger partial charge in [-0.05, 0) is 46.8 Å². The number of aliphatic hydroxyl groups is 1. The van der Waals surface area contributed by atoms with Crippen LogP contribution in [-0.2, 0) is 11.2 Å². The predicted molar refractivity (Wildman–Crippen MR) is 67.4 cm³/mol. The molecule has 0 unspecified atom stereocenters. The first-order valence-corrected chi connectivity index (χ1v) is 6.58. The molecular formula is C13H16BrFO2. The Morgan fingerprint density at radius 1 is 1.35 bits per heavy atom. The average molecular weight is 303 g/mol. The molecule has 1 N–H and O–H groups in total. The molecule has 0 aromatic heterocycles. The molecule has 0 bridgehead atoms. The van der Waals surface area contributed by atoms with Crippen LogP contribution in [0.5, 0.6) is 0 Å². The minimum absolute atomic E-state index is 0.124. The molecule has 17 heavy (non-hydrogen) atoms. The van der Waals surface area contributed by atoms with Crippen molar-refractivity contribution < 1.29 is 14.2 Å². The first kappa shape index (κ1) is 13.0. The lowest BCUT2D eigenvalue weighted by molar-refractivity contribution is -0.0158. The van der Waals surface area contributed by atoms with E-state index in [0.29, 0.717) is 24.1 Å². The molecule has 94 valence electrons. The van der Waals surface area contributed by atoms with E-state index in [4.69, 9.17) is 4.74 Å². The van der Waals surface area contributed by atoms with Crippen molar-refractivity contribution in [3.63, 3.8) is 0 Å². The largest absolute Gasteiger partial charge is 0.396 e. The second-order valence-corrected chi connectivity index (χ2v) is 5.45. The summed E-state index contributed by atoms with van der Waals surface area (Å²) in [6.07, 6.45) is 2.34. The number of halogens is 2. The molecule has 0 atom stereocenters. The van der Waals surface area contributed by atoms with E-state index >= 15 is 0 Å².